The van der Waals surface area contributed by atoms with E-state index in [0.717, 1.165) is 5.56 Å². The van der Waals surface area contributed by atoms with Crippen LogP contribution in [0.3, 0.4) is 0 Å². The monoisotopic (exact) mass is 291 g/mol. The highest BCUT2D eigenvalue weighted by Crippen LogP contribution is 2.54. The molecule has 0 amide bonds. The molecule has 1 aliphatic heterocycles. The Labute approximate surface area is 119 Å². The van der Waals surface area contributed by atoms with Crippen molar-refractivity contribution in [1.82, 2.24) is 0 Å². The summed E-state index contributed by atoms with van der Waals surface area (Å²) in [6, 6.07) is 11.5. The van der Waals surface area contributed by atoms with Crippen LogP contribution in [0.2, 0.25) is 0 Å². The summed E-state index contributed by atoms with van der Waals surface area (Å²) < 4.78 is 23.2. The maximum absolute atomic E-state index is 12.4. The second-order valence-electron chi connectivity index (χ2n) is 5.67. The Morgan fingerprint density at radius 1 is 1.35 bits per heavy atom. The SMILES string of the molecule is CC1(C)COP(=O)(CC(C#N)=Cc2ccccc2)OC1. The molecule has 0 bridgehead atoms. The Balaban J connectivity index is 2.10. The van der Waals surface area contributed by atoms with Crippen molar-refractivity contribution < 1.29 is 13.6 Å². The topological polar surface area (TPSA) is 59.3 Å². The first-order chi connectivity index (χ1) is 9.42. The summed E-state index contributed by atoms with van der Waals surface area (Å²) in [5.74, 6) is 0. The number of nitrogens with zero attached hydrogens (tertiary/aromatic N) is 1. The Kier molecular flexibility index (Phi) is 4.45. The van der Waals surface area contributed by atoms with Crippen molar-refractivity contribution in [2.24, 2.45) is 5.41 Å². The molecule has 1 aromatic carbocycles. The number of hydrogen-bond donors (Lipinski definition) is 0. The average Bonchev–Trinajstić information content (AvgIpc) is 2.43. The van der Waals surface area contributed by atoms with Crippen LogP contribution < -0.4 is 0 Å². The lowest BCUT2D eigenvalue weighted by atomic mass is 9.97. The fourth-order valence-electron chi connectivity index (χ4n) is 1.79. The third-order valence-corrected chi connectivity index (χ3v) is 4.73. The van der Waals surface area contributed by atoms with Gasteiger partial charge in [0.25, 0.3) is 0 Å². The lowest BCUT2D eigenvalue weighted by molar-refractivity contribution is 0.0424. The summed E-state index contributed by atoms with van der Waals surface area (Å²) in [6.45, 7) is 4.74. The van der Waals surface area contributed by atoms with E-state index in [1.165, 1.54) is 0 Å². The van der Waals surface area contributed by atoms with E-state index < -0.39 is 7.60 Å². The van der Waals surface area contributed by atoms with Crippen molar-refractivity contribution in [3.05, 3.63) is 41.5 Å². The first-order valence-electron chi connectivity index (χ1n) is 6.46. The van der Waals surface area contributed by atoms with Crippen LogP contribution in [0.25, 0.3) is 6.08 Å². The number of hydrogen-bond acceptors (Lipinski definition) is 4. The Hall–Kier alpha value is -1.40. The Morgan fingerprint density at radius 2 is 1.95 bits per heavy atom. The van der Waals surface area contributed by atoms with Crippen LogP contribution in [-0.4, -0.2) is 19.4 Å². The van der Waals surface area contributed by atoms with Crippen LogP contribution in [0.4, 0.5) is 0 Å². The summed E-state index contributed by atoms with van der Waals surface area (Å²) in [4.78, 5) is 0. The zero-order valence-corrected chi connectivity index (χ0v) is 12.6. The van der Waals surface area contributed by atoms with Gasteiger partial charge in [-0.15, -0.1) is 0 Å². The molecule has 1 aliphatic rings. The predicted molar refractivity (Wildman–Crippen MR) is 78.2 cm³/mol. The van der Waals surface area contributed by atoms with Gasteiger partial charge >= 0.3 is 7.60 Å². The van der Waals surface area contributed by atoms with Crippen molar-refractivity contribution in [1.29, 1.82) is 5.26 Å². The molecule has 0 atom stereocenters. The molecule has 0 radical (unpaired) electrons. The van der Waals surface area contributed by atoms with E-state index in [2.05, 4.69) is 6.07 Å². The maximum atomic E-state index is 12.4. The van der Waals surface area contributed by atoms with Crippen molar-refractivity contribution >= 4 is 13.7 Å². The number of allylic oxidation sites excluding steroid dienone is 1. The largest absolute Gasteiger partial charge is 0.335 e. The average molecular weight is 291 g/mol. The third kappa shape index (κ3) is 4.05. The fraction of sp³-hybridized carbons (Fsp3) is 0.400. The van der Waals surface area contributed by atoms with Crippen molar-refractivity contribution in [3.8, 4) is 6.07 Å². The minimum absolute atomic E-state index is 0.0223. The van der Waals surface area contributed by atoms with Crippen LogP contribution in [0.15, 0.2) is 35.9 Å². The smallest absolute Gasteiger partial charge is 0.308 e. The van der Waals surface area contributed by atoms with E-state index in [-0.39, 0.29) is 11.6 Å². The molecule has 1 fully saturated rings. The summed E-state index contributed by atoms with van der Waals surface area (Å²) in [5, 5.41) is 9.18. The van der Waals surface area contributed by atoms with Gasteiger partial charge in [-0.1, -0.05) is 44.2 Å². The molecule has 0 aliphatic carbocycles. The molecule has 1 heterocycles. The second-order valence-corrected chi connectivity index (χ2v) is 7.73. The van der Waals surface area contributed by atoms with Gasteiger partial charge in [-0.3, -0.25) is 4.57 Å². The van der Waals surface area contributed by atoms with E-state index in [9.17, 15) is 9.83 Å². The van der Waals surface area contributed by atoms with Gasteiger partial charge in [-0.05, 0) is 11.6 Å². The van der Waals surface area contributed by atoms with E-state index in [0.29, 0.717) is 18.8 Å². The van der Waals surface area contributed by atoms with Gasteiger partial charge < -0.3 is 9.05 Å². The van der Waals surface area contributed by atoms with Gasteiger partial charge in [0.15, 0.2) is 0 Å². The van der Waals surface area contributed by atoms with Crippen molar-refractivity contribution in [2.75, 3.05) is 19.4 Å². The number of benzene rings is 1. The molecular weight excluding hydrogens is 273 g/mol. The van der Waals surface area contributed by atoms with Gasteiger partial charge in [-0.2, -0.15) is 5.26 Å². The molecule has 0 saturated carbocycles. The van der Waals surface area contributed by atoms with E-state index in [1.54, 1.807) is 6.08 Å². The van der Waals surface area contributed by atoms with Gasteiger partial charge in [0, 0.05) is 11.0 Å². The zero-order chi connectivity index (χ0) is 14.6. The highest BCUT2D eigenvalue weighted by molar-refractivity contribution is 7.54. The summed E-state index contributed by atoms with van der Waals surface area (Å²) in [5.41, 5.74) is 1.16. The quantitative estimate of drug-likeness (QED) is 0.626. The highest BCUT2D eigenvalue weighted by Gasteiger charge is 2.37. The van der Waals surface area contributed by atoms with Crippen molar-refractivity contribution in [2.45, 2.75) is 13.8 Å². The van der Waals surface area contributed by atoms with Gasteiger partial charge in [0.05, 0.1) is 25.4 Å². The molecule has 0 N–H and O–H groups in total. The van der Waals surface area contributed by atoms with Gasteiger partial charge in [0.2, 0.25) is 0 Å². The number of nitriles is 1. The minimum Gasteiger partial charge on any atom is -0.308 e. The Bertz CT molecular complexity index is 573. The molecule has 1 aromatic rings. The predicted octanol–water partition coefficient (Wildman–Crippen LogP) is 3.86. The van der Waals surface area contributed by atoms with Crippen LogP contribution >= 0.6 is 7.60 Å². The second kappa shape index (κ2) is 5.93. The maximum Gasteiger partial charge on any atom is 0.335 e. The lowest BCUT2D eigenvalue weighted by Crippen LogP contribution is -2.30. The fourth-order valence-corrected chi connectivity index (χ4v) is 3.72. The summed E-state index contributed by atoms with van der Waals surface area (Å²) >= 11 is 0. The molecule has 1 saturated heterocycles. The lowest BCUT2D eigenvalue weighted by Gasteiger charge is -2.33. The van der Waals surface area contributed by atoms with Crippen molar-refractivity contribution in [3.63, 3.8) is 0 Å². The first kappa shape index (κ1) is 15.0. The standard InChI is InChI=1S/C15H18NO3P/c1-15(2)11-18-20(17,19-12-15)10-14(9-16)8-13-6-4-3-5-7-13/h3-8H,10-12H2,1-2H3. The van der Waals surface area contributed by atoms with E-state index in [4.69, 9.17) is 9.05 Å². The number of rotatable bonds is 3. The third-order valence-electron chi connectivity index (χ3n) is 2.95. The zero-order valence-electron chi connectivity index (χ0n) is 11.7. The van der Waals surface area contributed by atoms with Crippen LogP contribution in [0.5, 0.6) is 0 Å². The molecule has 2 rings (SSSR count). The van der Waals surface area contributed by atoms with Crippen LogP contribution in [-0.2, 0) is 13.6 Å². The molecular formula is C15H18NO3P. The van der Waals surface area contributed by atoms with Gasteiger partial charge in [0.1, 0.15) is 0 Å². The van der Waals surface area contributed by atoms with E-state index >= 15 is 0 Å². The minimum atomic E-state index is -3.19. The van der Waals surface area contributed by atoms with Crippen LogP contribution in [0.1, 0.15) is 19.4 Å². The molecule has 5 heteroatoms. The molecule has 0 unspecified atom stereocenters. The molecule has 0 spiro atoms. The summed E-state index contributed by atoms with van der Waals surface area (Å²) in [6.07, 6.45) is 1.74. The first-order valence-corrected chi connectivity index (χ1v) is 8.19. The van der Waals surface area contributed by atoms with E-state index in [1.807, 2.05) is 44.2 Å². The molecule has 0 aromatic heterocycles. The van der Waals surface area contributed by atoms with Crippen LogP contribution in [0, 0.1) is 16.7 Å². The highest BCUT2D eigenvalue weighted by atomic mass is 31.2. The Morgan fingerprint density at radius 3 is 2.50 bits per heavy atom. The summed E-state index contributed by atoms with van der Waals surface area (Å²) in [7, 11) is -3.19. The van der Waals surface area contributed by atoms with Gasteiger partial charge in [-0.25, -0.2) is 0 Å². The molecule has 106 valence electrons. The molecule has 20 heavy (non-hydrogen) atoms. The normalized spacial score (nSPS) is 21.1. The molecule has 4 nitrogen and oxygen atoms in total.